The van der Waals surface area contributed by atoms with Crippen LogP contribution in [0.5, 0.6) is 0 Å². The van der Waals surface area contributed by atoms with Gasteiger partial charge >= 0.3 is 0 Å². The van der Waals surface area contributed by atoms with Crippen molar-refractivity contribution >= 4 is 19.0 Å². The fraction of sp³-hybridized carbons (Fsp3) is 0.190. The Balaban J connectivity index is 2.48. The molecule has 114 valence electrons. The van der Waals surface area contributed by atoms with E-state index < -0.39 is 8.07 Å². The predicted molar refractivity (Wildman–Crippen MR) is 98.3 cm³/mol. The Bertz CT molecular complexity index is 843. The minimum Gasteiger partial charge on any atom is -0.289 e. The number of rotatable bonds is 1. The van der Waals surface area contributed by atoms with E-state index in [2.05, 4.69) is 37.8 Å². The SMILES string of the molecule is Cc1c#cc2c(c([Si](C)(C)C)cccc1)C(=O)c1ccccc1-2. The molecular weight excluding hydrogens is 296 g/mol. The Labute approximate surface area is 139 Å². The Morgan fingerprint density at radius 3 is 2.13 bits per heavy atom. The van der Waals surface area contributed by atoms with E-state index in [1.807, 2.05) is 49.4 Å². The maximum atomic E-state index is 13.0. The van der Waals surface area contributed by atoms with Crippen LogP contribution in [0.15, 0.2) is 48.5 Å². The van der Waals surface area contributed by atoms with E-state index in [9.17, 15) is 4.79 Å². The van der Waals surface area contributed by atoms with Gasteiger partial charge in [-0.05, 0) is 17.7 Å². The molecule has 0 aromatic heterocycles. The smallest absolute Gasteiger partial charge is 0.194 e. The van der Waals surface area contributed by atoms with E-state index in [1.54, 1.807) is 0 Å². The molecule has 0 atom stereocenters. The number of hydrogen-bond acceptors (Lipinski definition) is 1. The first-order chi connectivity index (χ1) is 10.9. The lowest BCUT2D eigenvalue weighted by atomic mass is 10.1. The van der Waals surface area contributed by atoms with Gasteiger partial charge in [0.05, 0.1) is 8.07 Å². The summed E-state index contributed by atoms with van der Waals surface area (Å²) in [4.78, 5) is 13.0. The van der Waals surface area contributed by atoms with Gasteiger partial charge in [0.2, 0.25) is 0 Å². The molecule has 0 amide bonds. The molecule has 0 fully saturated rings. The highest BCUT2D eigenvalue weighted by molar-refractivity contribution is 6.89. The number of fused-ring (bicyclic) bond motifs is 3. The van der Waals surface area contributed by atoms with Gasteiger partial charge in [0.1, 0.15) is 0 Å². The third kappa shape index (κ3) is 2.80. The van der Waals surface area contributed by atoms with Crippen LogP contribution < -0.4 is 5.19 Å². The summed E-state index contributed by atoms with van der Waals surface area (Å²) in [7, 11) is -1.69. The first kappa shape index (κ1) is 15.5. The molecule has 0 saturated carbocycles. The van der Waals surface area contributed by atoms with E-state index in [1.165, 1.54) is 5.19 Å². The third-order valence-electron chi connectivity index (χ3n) is 4.10. The first-order valence-corrected chi connectivity index (χ1v) is 11.4. The molecule has 0 radical (unpaired) electrons. The van der Waals surface area contributed by atoms with Crippen LogP contribution in [0.3, 0.4) is 0 Å². The van der Waals surface area contributed by atoms with E-state index in [-0.39, 0.29) is 5.78 Å². The Morgan fingerprint density at radius 2 is 1.43 bits per heavy atom. The molecule has 0 spiro atoms. The van der Waals surface area contributed by atoms with Crippen molar-refractivity contribution in [3.63, 3.8) is 0 Å². The van der Waals surface area contributed by atoms with E-state index >= 15 is 0 Å². The van der Waals surface area contributed by atoms with Crippen molar-refractivity contribution in [2.24, 2.45) is 0 Å². The highest BCUT2D eigenvalue weighted by atomic mass is 28.3. The molecule has 2 heteroatoms. The molecule has 0 N–H and O–H groups in total. The molecule has 1 aliphatic carbocycles. The number of ketones is 1. The average Bonchev–Trinajstić information content (AvgIpc) is 2.77. The van der Waals surface area contributed by atoms with Gasteiger partial charge in [-0.15, -0.1) is 0 Å². The zero-order valence-corrected chi connectivity index (χ0v) is 15.0. The van der Waals surface area contributed by atoms with Crippen molar-refractivity contribution in [1.29, 1.82) is 0 Å². The molecule has 3 rings (SSSR count). The molecule has 1 nitrogen and oxygen atoms in total. The number of carbonyl (C=O) groups is 1. The van der Waals surface area contributed by atoms with Crippen molar-refractivity contribution in [2.45, 2.75) is 26.6 Å². The van der Waals surface area contributed by atoms with Crippen LogP contribution in [0.25, 0.3) is 11.1 Å². The zero-order valence-electron chi connectivity index (χ0n) is 14.0. The number of hydrogen-bond donors (Lipinski definition) is 0. The zero-order chi connectivity index (χ0) is 16.6. The van der Waals surface area contributed by atoms with E-state index in [4.69, 9.17) is 0 Å². The summed E-state index contributed by atoms with van der Waals surface area (Å²) in [5, 5.41) is 1.17. The Morgan fingerprint density at radius 1 is 0.826 bits per heavy atom. The normalized spacial score (nSPS) is 12.1. The van der Waals surface area contributed by atoms with Gasteiger partial charge in [-0.25, -0.2) is 0 Å². The first-order valence-electron chi connectivity index (χ1n) is 7.86. The predicted octanol–water partition coefficient (Wildman–Crippen LogP) is 4.48. The topological polar surface area (TPSA) is 17.1 Å². The van der Waals surface area contributed by atoms with Crippen LogP contribution in [0, 0.1) is 19.1 Å². The molecular formula is C21H20OSi. The largest absolute Gasteiger partial charge is 0.289 e. The maximum Gasteiger partial charge on any atom is 0.194 e. The number of benzene rings is 1. The minimum atomic E-state index is -1.69. The van der Waals surface area contributed by atoms with Crippen LogP contribution >= 0.6 is 0 Å². The fourth-order valence-corrected chi connectivity index (χ4v) is 4.52. The van der Waals surface area contributed by atoms with Crippen LogP contribution in [0.1, 0.15) is 21.5 Å². The summed E-state index contributed by atoms with van der Waals surface area (Å²) in [6.45, 7) is 8.81. The summed E-state index contributed by atoms with van der Waals surface area (Å²) in [6, 6.07) is 22.4. The van der Waals surface area contributed by atoms with E-state index in [0.717, 1.165) is 27.8 Å². The quantitative estimate of drug-likeness (QED) is 0.605. The monoisotopic (exact) mass is 316 g/mol. The highest BCUT2D eigenvalue weighted by Crippen LogP contribution is 2.34. The molecule has 0 aliphatic heterocycles. The highest BCUT2D eigenvalue weighted by Gasteiger charge is 2.32. The Hall–Kier alpha value is -2.37. The summed E-state index contributed by atoms with van der Waals surface area (Å²) in [6.07, 6.45) is 0. The number of aryl methyl sites for hydroxylation is 1. The van der Waals surface area contributed by atoms with E-state index in [0.29, 0.717) is 0 Å². The van der Waals surface area contributed by atoms with Crippen molar-refractivity contribution in [3.8, 4) is 11.1 Å². The van der Waals surface area contributed by atoms with Gasteiger partial charge in [-0.3, -0.25) is 4.79 Å². The fourth-order valence-electron chi connectivity index (χ4n) is 2.93. The van der Waals surface area contributed by atoms with Crippen LogP contribution in [0.4, 0.5) is 0 Å². The van der Waals surface area contributed by atoms with Crippen LogP contribution in [-0.2, 0) is 0 Å². The third-order valence-corrected chi connectivity index (χ3v) is 6.13. The maximum absolute atomic E-state index is 13.0. The Kier molecular flexibility index (Phi) is 3.83. The summed E-state index contributed by atoms with van der Waals surface area (Å²) in [5.74, 6) is 0.120. The minimum absolute atomic E-state index is 0.120. The van der Waals surface area contributed by atoms with Crippen molar-refractivity contribution < 1.29 is 4.79 Å². The molecule has 0 bridgehead atoms. The van der Waals surface area contributed by atoms with Gasteiger partial charge < -0.3 is 0 Å². The second-order valence-electron chi connectivity index (χ2n) is 6.94. The molecule has 0 saturated heterocycles. The molecule has 23 heavy (non-hydrogen) atoms. The summed E-state index contributed by atoms with van der Waals surface area (Å²) >= 11 is 0. The summed E-state index contributed by atoms with van der Waals surface area (Å²) < 4.78 is 0. The lowest BCUT2D eigenvalue weighted by Gasteiger charge is -2.18. The molecule has 1 aliphatic rings. The van der Waals surface area contributed by atoms with Gasteiger partial charge in [0.15, 0.2) is 5.78 Å². The van der Waals surface area contributed by atoms with Gasteiger partial charge in [0, 0.05) is 22.3 Å². The molecule has 2 aromatic rings. The second-order valence-corrected chi connectivity index (χ2v) is 12.0. The van der Waals surface area contributed by atoms with Crippen molar-refractivity contribution in [2.75, 3.05) is 0 Å². The average molecular weight is 316 g/mol. The van der Waals surface area contributed by atoms with Gasteiger partial charge in [-0.2, -0.15) is 0 Å². The second kappa shape index (κ2) is 5.68. The standard InChI is InChI=1S/C21H20OSi/c1-15-9-5-8-12-19(23(2,3)4)20-17(14-13-15)16-10-6-7-11-18(16)21(20)22/h5-12H,1-4H3. The van der Waals surface area contributed by atoms with Crippen LogP contribution in [-0.4, -0.2) is 13.9 Å². The lowest BCUT2D eigenvalue weighted by molar-refractivity contribution is 0.104. The van der Waals surface area contributed by atoms with Gasteiger partial charge in [-0.1, -0.05) is 80.3 Å². The van der Waals surface area contributed by atoms with Gasteiger partial charge in [0.25, 0.3) is 0 Å². The van der Waals surface area contributed by atoms with Crippen molar-refractivity contribution in [1.82, 2.24) is 0 Å². The molecule has 2 aromatic carbocycles. The van der Waals surface area contributed by atoms with Crippen molar-refractivity contribution in [3.05, 3.63) is 77.4 Å². The van der Waals surface area contributed by atoms with Crippen LogP contribution in [0.2, 0.25) is 19.6 Å². The lowest BCUT2D eigenvalue weighted by Crippen LogP contribution is -2.40. The number of carbonyl (C=O) groups excluding carboxylic acids is 1. The molecule has 0 unspecified atom stereocenters. The summed E-state index contributed by atoms with van der Waals surface area (Å²) in [5.41, 5.74) is 4.46. The molecule has 0 heterocycles.